The molecular formula is C28H30FNO4. The predicted octanol–water partition coefficient (Wildman–Crippen LogP) is 5.28. The van der Waals surface area contributed by atoms with Gasteiger partial charge in [-0.3, -0.25) is 4.79 Å². The van der Waals surface area contributed by atoms with Crippen molar-refractivity contribution in [2.45, 2.75) is 31.9 Å². The van der Waals surface area contributed by atoms with Gasteiger partial charge >= 0.3 is 0 Å². The van der Waals surface area contributed by atoms with Crippen LogP contribution in [-0.2, 0) is 17.7 Å². The third kappa shape index (κ3) is 6.35. The van der Waals surface area contributed by atoms with Crippen molar-refractivity contribution in [1.29, 1.82) is 0 Å². The van der Waals surface area contributed by atoms with Crippen LogP contribution in [0.3, 0.4) is 0 Å². The number of ether oxygens (including phenoxy) is 3. The van der Waals surface area contributed by atoms with Crippen molar-refractivity contribution in [2.24, 2.45) is 0 Å². The smallest absolute Gasteiger partial charge is 0.254 e. The molecule has 178 valence electrons. The van der Waals surface area contributed by atoms with Crippen LogP contribution < -0.4 is 9.47 Å². The quantitative estimate of drug-likeness (QED) is 0.411. The lowest BCUT2D eigenvalue weighted by Crippen LogP contribution is -2.37. The maximum absolute atomic E-state index is 13.8. The monoisotopic (exact) mass is 463 g/mol. The van der Waals surface area contributed by atoms with Gasteiger partial charge in [0.05, 0.1) is 19.8 Å². The molecule has 0 saturated carbocycles. The number of halogens is 1. The van der Waals surface area contributed by atoms with Crippen LogP contribution in [-0.4, -0.2) is 43.8 Å². The number of carbonyl (C=O) groups excluding carboxylic acids is 1. The third-order valence-corrected chi connectivity index (χ3v) is 5.94. The van der Waals surface area contributed by atoms with Crippen LogP contribution in [0, 0.1) is 5.82 Å². The number of carbonyl (C=O) groups is 1. The van der Waals surface area contributed by atoms with Crippen LogP contribution in [0.1, 0.15) is 34.3 Å². The Morgan fingerprint density at radius 3 is 2.62 bits per heavy atom. The molecule has 0 unspecified atom stereocenters. The highest BCUT2D eigenvalue weighted by molar-refractivity contribution is 5.94. The zero-order valence-electron chi connectivity index (χ0n) is 19.4. The lowest BCUT2D eigenvalue weighted by Gasteiger charge is -2.26. The van der Waals surface area contributed by atoms with Gasteiger partial charge in [0.25, 0.3) is 5.91 Å². The molecule has 0 aromatic heterocycles. The summed E-state index contributed by atoms with van der Waals surface area (Å²) in [6.45, 7) is 2.08. The van der Waals surface area contributed by atoms with Crippen LogP contribution in [0.4, 0.5) is 4.39 Å². The summed E-state index contributed by atoms with van der Waals surface area (Å²) in [5, 5.41) is 0. The molecule has 4 rings (SSSR count). The summed E-state index contributed by atoms with van der Waals surface area (Å²) < 4.78 is 30.7. The summed E-state index contributed by atoms with van der Waals surface area (Å²) in [5.74, 6) is 1.14. The minimum Gasteiger partial charge on any atom is -0.497 e. The fraction of sp³-hybridized carbons (Fsp3) is 0.321. The van der Waals surface area contributed by atoms with E-state index in [1.807, 2.05) is 35.2 Å². The van der Waals surface area contributed by atoms with E-state index in [1.165, 1.54) is 6.07 Å². The molecule has 0 radical (unpaired) electrons. The van der Waals surface area contributed by atoms with Crippen LogP contribution in [0.15, 0.2) is 72.8 Å². The van der Waals surface area contributed by atoms with Gasteiger partial charge < -0.3 is 19.1 Å². The molecule has 0 N–H and O–H groups in total. The van der Waals surface area contributed by atoms with Crippen LogP contribution in [0.2, 0.25) is 0 Å². The maximum Gasteiger partial charge on any atom is 0.254 e. The lowest BCUT2D eigenvalue weighted by molar-refractivity contribution is 0.0507. The zero-order chi connectivity index (χ0) is 23.8. The molecule has 34 heavy (non-hydrogen) atoms. The van der Waals surface area contributed by atoms with E-state index in [4.69, 9.17) is 14.2 Å². The SMILES string of the molecule is COc1ccc(C(=O)N(Cc2cccc(OCCc3ccccc3F)c2)C[C@@H]2CCCO2)cc1. The molecule has 1 saturated heterocycles. The first kappa shape index (κ1) is 23.8. The topological polar surface area (TPSA) is 48.0 Å². The lowest BCUT2D eigenvalue weighted by atomic mass is 10.1. The number of benzene rings is 3. The van der Waals surface area contributed by atoms with Gasteiger partial charge in [0.2, 0.25) is 0 Å². The number of rotatable bonds is 10. The van der Waals surface area contributed by atoms with Crippen LogP contribution >= 0.6 is 0 Å². The highest BCUT2D eigenvalue weighted by atomic mass is 19.1. The molecule has 3 aromatic carbocycles. The Balaban J connectivity index is 1.43. The first-order valence-corrected chi connectivity index (χ1v) is 11.6. The molecule has 0 aliphatic carbocycles. The number of hydrogen-bond acceptors (Lipinski definition) is 4. The molecule has 1 fully saturated rings. The summed E-state index contributed by atoms with van der Waals surface area (Å²) in [4.78, 5) is 15.2. The Hall–Kier alpha value is -3.38. The largest absolute Gasteiger partial charge is 0.497 e. The van der Waals surface area contributed by atoms with Gasteiger partial charge in [0.15, 0.2) is 0 Å². The van der Waals surface area contributed by atoms with E-state index in [-0.39, 0.29) is 17.8 Å². The Kier molecular flexibility index (Phi) is 8.15. The maximum atomic E-state index is 13.8. The average molecular weight is 464 g/mol. The molecule has 1 heterocycles. The molecule has 1 atom stereocenters. The van der Waals surface area contributed by atoms with Crippen molar-refractivity contribution in [3.8, 4) is 11.5 Å². The molecule has 1 aliphatic heterocycles. The van der Waals surface area contributed by atoms with E-state index in [0.717, 1.165) is 25.0 Å². The fourth-order valence-electron chi connectivity index (χ4n) is 4.10. The van der Waals surface area contributed by atoms with Crippen LogP contribution in [0.5, 0.6) is 11.5 Å². The molecular weight excluding hydrogens is 433 g/mol. The number of nitrogens with zero attached hydrogens (tertiary/aromatic N) is 1. The fourth-order valence-corrected chi connectivity index (χ4v) is 4.10. The van der Waals surface area contributed by atoms with E-state index >= 15 is 0 Å². The average Bonchev–Trinajstić information content (AvgIpc) is 3.38. The van der Waals surface area contributed by atoms with E-state index in [0.29, 0.717) is 48.7 Å². The van der Waals surface area contributed by atoms with Crippen molar-refractivity contribution >= 4 is 5.91 Å². The van der Waals surface area contributed by atoms with E-state index in [9.17, 15) is 9.18 Å². The highest BCUT2D eigenvalue weighted by Crippen LogP contribution is 2.21. The summed E-state index contributed by atoms with van der Waals surface area (Å²) in [6.07, 6.45) is 2.49. The second kappa shape index (κ2) is 11.7. The molecule has 0 spiro atoms. The van der Waals surface area contributed by atoms with Crippen molar-refractivity contribution < 1.29 is 23.4 Å². The summed E-state index contributed by atoms with van der Waals surface area (Å²) in [5.41, 5.74) is 2.20. The first-order chi connectivity index (χ1) is 16.6. The summed E-state index contributed by atoms with van der Waals surface area (Å²) in [6, 6.07) is 21.6. The normalized spacial score (nSPS) is 15.2. The highest BCUT2D eigenvalue weighted by Gasteiger charge is 2.24. The molecule has 5 nitrogen and oxygen atoms in total. The Morgan fingerprint density at radius 1 is 1.06 bits per heavy atom. The van der Waals surface area contributed by atoms with E-state index < -0.39 is 0 Å². The first-order valence-electron chi connectivity index (χ1n) is 11.6. The van der Waals surface area contributed by atoms with Gasteiger partial charge in [-0.05, 0) is 66.4 Å². The van der Waals surface area contributed by atoms with Crippen LogP contribution in [0.25, 0.3) is 0 Å². The van der Waals surface area contributed by atoms with Gasteiger partial charge in [0, 0.05) is 31.7 Å². The number of amides is 1. The molecule has 0 bridgehead atoms. The Bertz CT molecular complexity index is 1080. The van der Waals surface area contributed by atoms with Gasteiger partial charge in [-0.25, -0.2) is 4.39 Å². The predicted molar refractivity (Wildman–Crippen MR) is 129 cm³/mol. The number of hydrogen-bond donors (Lipinski definition) is 0. The summed E-state index contributed by atoms with van der Waals surface area (Å²) >= 11 is 0. The van der Waals surface area contributed by atoms with E-state index in [1.54, 1.807) is 43.5 Å². The van der Waals surface area contributed by atoms with Gasteiger partial charge in [0.1, 0.15) is 17.3 Å². The van der Waals surface area contributed by atoms with Gasteiger partial charge in [-0.1, -0.05) is 30.3 Å². The van der Waals surface area contributed by atoms with Gasteiger partial charge in [-0.15, -0.1) is 0 Å². The third-order valence-electron chi connectivity index (χ3n) is 5.94. The minimum atomic E-state index is -0.221. The van der Waals surface area contributed by atoms with Crippen molar-refractivity contribution in [1.82, 2.24) is 4.90 Å². The molecule has 3 aromatic rings. The molecule has 1 amide bonds. The second-order valence-corrected chi connectivity index (χ2v) is 8.39. The molecule has 1 aliphatic rings. The standard InChI is InChI=1S/C28H30FNO4/c1-32-24-13-11-23(12-14-24)28(31)30(20-26-9-5-16-33-26)19-21-6-4-8-25(18-21)34-17-15-22-7-2-3-10-27(22)29/h2-4,6-8,10-14,18,26H,5,9,15-17,19-20H2,1H3/t26-/m0/s1. The van der Waals surface area contributed by atoms with E-state index in [2.05, 4.69) is 0 Å². The zero-order valence-corrected chi connectivity index (χ0v) is 19.4. The molecule has 6 heteroatoms. The van der Waals surface area contributed by atoms with Crippen molar-refractivity contribution in [2.75, 3.05) is 26.9 Å². The summed E-state index contributed by atoms with van der Waals surface area (Å²) in [7, 11) is 1.60. The van der Waals surface area contributed by atoms with Crippen molar-refractivity contribution in [3.63, 3.8) is 0 Å². The van der Waals surface area contributed by atoms with Crippen molar-refractivity contribution in [3.05, 3.63) is 95.3 Å². The minimum absolute atomic E-state index is 0.0439. The second-order valence-electron chi connectivity index (χ2n) is 8.39. The Morgan fingerprint density at radius 2 is 1.88 bits per heavy atom. The van der Waals surface area contributed by atoms with Gasteiger partial charge in [-0.2, -0.15) is 0 Å². The Labute approximate surface area is 200 Å². The number of methoxy groups -OCH3 is 1.